The zero-order valence-electron chi connectivity index (χ0n) is 18.0. The molecule has 5 heteroatoms. The number of para-hydroxylation sites is 1. The molecule has 3 rings (SSSR count). The molecule has 154 valence electrons. The van der Waals surface area contributed by atoms with Gasteiger partial charge in [0.05, 0.1) is 0 Å². The lowest BCUT2D eigenvalue weighted by atomic mass is 9.96. The molecule has 2 aromatic rings. The number of likely N-dealkylation sites (N-methyl/N-ethyl adjacent to an activating group) is 1. The highest BCUT2D eigenvalue weighted by atomic mass is 16.2. The van der Waals surface area contributed by atoms with Crippen molar-refractivity contribution >= 4 is 23.2 Å². The first-order chi connectivity index (χ1) is 13.8. The monoisotopic (exact) mass is 393 g/mol. The molecule has 5 nitrogen and oxygen atoms in total. The Morgan fingerprint density at radius 1 is 1.17 bits per heavy atom. The van der Waals surface area contributed by atoms with Crippen LogP contribution in [-0.2, 0) is 11.2 Å². The Balaban J connectivity index is 1.84. The van der Waals surface area contributed by atoms with E-state index in [1.165, 1.54) is 5.56 Å². The van der Waals surface area contributed by atoms with Gasteiger partial charge >= 0.3 is 0 Å². The molecule has 2 amide bonds. The van der Waals surface area contributed by atoms with Crippen LogP contribution in [0, 0.1) is 12.8 Å². The number of anilines is 2. The minimum Gasteiger partial charge on any atom is -0.326 e. The van der Waals surface area contributed by atoms with Gasteiger partial charge in [0.2, 0.25) is 5.91 Å². The number of carbonyl (C=O) groups excluding carboxylic acids is 2. The standard InChI is InChI=1S/C24H31N3O2/c1-16(2)12-23(28)25-21-11-10-19(13-17(21)3)24(29)27-15-20(26(4)5)14-18-8-6-7-9-22(18)27/h6-11,13,16,20H,12,14-15H2,1-5H3,(H,25,28). The van der Waals surface area contributed by atoms with Crippen molar-refractivity contribution in [3.05, 3.63) is 59.2 Å². The predicted molar refractivity (Wildman–Crippen MR) is 119 cm³/mol. The van der Waals surface area contributed by atoms with E-state index in [1.54, 1.807) is 0 Å². The Labute approximate surface area is 173 Å². The van der Waals surface area contributed by atoms with Gasteiger partial charge in [0.1, 0.15) is 0 Å². The molecule has 1 N–H and O–H groups in total. The molecule has 29 heavy (non-hydrogen) atoms. The number of nitrogens with zero attached hydrogens (tertiary/aromatic N) is 2. The second-order valence-electron chi connectivity index (χ2n) is 8.54. The number of amides is 2. The lowest BCUT2D eigenvalue weighted by Crippen LogP contribution is -2.48. The molecule has 0 bridgehead atoms. The molecule has 0 radical (unpaired) electrons. The van der Waals surface area contributed by atoms with Crippen molar-refractivity contribution in [2.45, 2.75) is 39.7 Å². The summed E-state index contributed by atoms with van der Waals surface area (Å²) in [6.45, 7) is 6.63. The van der Waals surface area contributed by atoms with Crippen LogP contribution >= 0.6 is 0 Å². The van der Waals surface area contributed by atoms with Crippen LogP contribution in [0.15, 0.2) is 42.5 Å². The largest absolute Gasteiger partial charge is 0.326 e. The van der Waals surface area contributed by atoms with Crippen molar-refractivity contribution in [2.75, 3.05) is 30.9 Å². The fourth-order valence-electron chi connectivity index (χ4n) is 3.78. The second-order valence-corrected chi connectivity index (χ2v) is 8.54. The van der Waals surface area contributed by atoms with Crippen LogP contribution in [0.1, 0.15) is 41.8 Å². The van der Waals surface area contributed by atoms with Crippen LogP contribution in [0.25, 0.3) is 0 Å². The molecular formula is C24H31N3O2. The summed E-state index contributed by atoms with van der Waals surface area (Å²) in [7, 11) is 4.11. The summed E-state index contributed by atoms with van der Waals surface area (Å²) in [5.74, 6) is 0.299. The number of carbonyl (C=O) groups is 2. The summed E-state index contributed by atoms with van der Waals surface area (Å²) in [5, 5.41) is 2.95. The van der Waals surface area contributed by atoms with Gasteiger partial charge in [-0.05, 0) is 68.8 Å². The van der Waals surface area contributed by atoms with Gasteiger partial charge in [0.15, 0.2) is 0 Å². The van der Waals surface area contributed by atoms with Crippen LogP contribution in [0.4, 0.5) is 11.4 Å². The van der Waals surface area contributed by atoms with Crippen LogP contribution in [-0.4, -0.2) is 43.4 Å². The molecule has 0 saturated carbocycles. The highest BCUT2D eigenvalue weighted by Gasteiger charge is 2.30. The molecule has 1 aliphatic rings. The fraction of sp³-hybridized carbons (Fsp3) is 0.417. The first-order valence-electron chi connectivity index (χ1n) is 10.2. The third-order valence-corrected chi connectivity index (χ3v) is 5.45. The van der Waals surface area contributed by atoms with E-state index in [0.29, 0.717) is 24.4 Å². The van der Waals surface area contributed by atoms with E-state index in [1.807, 2.05) is 62.1 Å². The molecule has 0 fully saturated rings. The highest BCUT2D eigenvalue weighted by molar-refractivity contribution is 6.07. The third kappa shape index (κ3) is 4.85. The predicted octanol–water partition coefficient (Wildman–Crippen LogP) is 4.11. The molecule has 0 spiro atoms. The van der Waals surface area contributed by atoms with Gasteiger partial charge in [-0.2, -0.15) is 0 Å². The van der Waals surface area contributed by atoms with Gasteiger partial charge < -0.3 is 15.1 Å². The molecule has 1 unspecified atom stereocenters. The van der Waals surface area contributed by atoms with Crippen molar-refractivity contribution in [3.8, 4) is 0 Å². The number of aryl methyl sites for hydroxylation is 1. The Kier molecular flexibility index (Phi) is 6.38. The Hall–Kier alpha value is -2.66. The minimum absolute atomic E-state index is 0.000888. The van der Waals surface area contributed by atoms with Crippen LogP contribution in [0.3, 0.4) is 0 Å². The number of hydrogen-bond donors (Lipinski definition) is 1. The van der Waals surface area contributed by atoms with Crippen molar-refractivity contribution in [2.24, 2.45) is 5.92 Å². The summed E-state index contributed by atoms with van der Waals surface area (Å²) in [6.07, 6.45) is 1.42. The topological polar surface area (TPSA) is 52.7 Å². The molecule has 0 aromatic heterocycles. The van der Waals surface area contributed by atoms with E-state index in [9.17, 15) is 9.59 Å². The second kappa shape index (κ2) is 8.78. The van der Waals surface area contributed by atoms with Gasteiger partial charge in [-0.15, -0.1) is 0 Å². The van der Waals surface area contributed by atoms with Crippen LogP contribution < -0.4 is 10.2 Å². The summed E-state index contributed by atoms with van der Waals surface area (Å²) >= 11 is 0. The lowest BCUT2D eigenvalue weighted by Gasteiger charge is -2.37. The third-order valence-electron chi connectivity index (χ3n) is 5.45. The number of fused-ring (bicyclic) bond motifs is 1. The van der Waals surface area contributed by atoms with Crippen molar-refractivity contribution < 1.29 is 9.59 Å². The number of benzene rings is 2. The normalized spacial score (nSPS) is 16.1. The maximum absolute atomic E-state index is 13.4. The number of nitrogens with one attached hydrogen (secondary N) is 1. The fourth-order valence-corrected chi connectivity index (χ4v) is 3.78. The molecular weight excluding hydrogens is 362 g/mol. The van der Waals surface area contributed by atoms with Gasteiger partial charge in [-0.1, -0.05) is 32.0 Å². The zero-order chi connectivity index (χ0) is 21.1. The van der Waals surface area contributed by atoms with Crippen molar-refractivity contribution in [1.29, 1.82) is 0 Å². The van der Waals surface area contributed by atoms with E-state index in [0.717, 1.165) is 23.4 Å². The molecule has 2 aromatic carbocycles. The Morgan fingerprint density at radius 3 is 2.55 bits per heavy atom. The lowest BCUT2D eigenvalue weighted by molar-refractivity contribution is -0.116. The Bertz CT molecular complexity index is 905. The summed E-state index contributed by atoms with van der Waals surface area (Å²) < 4.78 is 0. The average Bonchev–Trinajstić information content (AvgIpc) is 2.67. The molecule has 0 saturated heterocycles. The van der Waals surface area contributed by atoms with E-state index < -0.39 is 0 Å². The summed E-state index contributed by atoms with van der Waals surface area (Å²) in [6, 6.07) is 13.9. The number of hydrogen-bond acceptors (Lipinski definition) is 3. The molecule has 1 heterocycles. The maximum atomic E-state index is 13.4. The molecule has 0 aliphatic carbocycles. The smallest absolute Gasteiger partial charge is 0.258 e. The SMILES string of the molecule is Cc1cc(C(=O)N2CC(N(C)C)Cc3ccccc32)ccc1NC(=O)CC(C)C. The van der Waals surface area contributed by atoms with Gasteiger partial charge in [0.25, 0.3) is 5.91 Å². The minimum atomic E-state index is -0.00726. The average molecular weight is 394 g/mol. The molecule has 1 aliphatic heterocycles. The highest BCUT2D eigenvalue weighted by Crippen LogP contribution is 2.30. The van der Waals surface area contributed by atoms with E-state index in [2.05, 4.69) is 30.4 Å². The van der Waals surface area contributed by atoms with Gasteiger partial charge in [-0.25, -0.2) is 0 Å². The van der Waals surface area contributed by atoms with Gasteiger partial charge in [0, 0.05) is 35.9 Å². The maximum Gasteiger partial charge on any atom is 0.258 e. The Morgan fingerprint density at radius 2 is 1.90 bits per heavy atom. The van der Waals surface area contributed by atoms with Crippen molar-refractivity contribution in [3.63, 3.8) is 0 Å². The van der Waals surface area contributed by atoms with Gasteiger partial charge in [-0.3, -0.25) is 9.59 Å². The molecule has 1 atom stereocenters. The summed E-state index contributed by atoms with van der Waals surface area (Å²) in [5.41, 5.74) is 4.47. The first kappa shape index (κ1) is 21.1. The van der Waals surface area contributed by atoms with Crippen LogP contribution in [0.2, 0.25) is 0 Å². The summed E-state index contributed by atoms with van der Waals surface area (Å²) in [4.78, 5) is 29.5. The quantitative estimate of drug-likeness (QED) is 0.832. The van der Waals surface area contributed by atoms with E-state index >= 15 is 0 Å². The van der Waals surface area contributed by atoms with E-state index in [4.69, 9.17) is 0 Å². The van der Waals surface area contributed by atoms with Crippen molar-refractivity contribution in [1.82, 2.24) is 4.90 Å². The zero-order valence-corrected chi connectivity index (χ0v) is 18.0. The first-order valence-corrected chi connectivity index (χ1v) is 10.2. The number of rotatable bonds is 5. The van der Waals surface area contributed by atoms with Crippen LogP contribution in [0.5, 0.6) is 0 Å². The van der Waals surface area contributed by atoms with E-state index in [-0.39, 0.29) is 17.9 Å².